The summed E-state index contributed by atoms with van der Waals surface area (Å²) in [7, 11) is 0. The molecule has 0 bridgehead atoms. The zero-order chi connectivity index (χ0) is 20.2. The summed E-state index contributed by atoms with van der Waals surface area (Å²) < 4.78 is 14.7. The highest BCUT2D eigenvalue weighted by molar-refractivity contribution is 5.84. The standard InChI is InChI=1S/C25H25FN2O/c1-19(21-12-13-23(24(26)18-21)20-8-4-2-5-9-20)25(29)28-16-14-27(15-17-28)22-10-6-3-7-11-22/h2-13,18-19H,14-17H2,1H3/t19-/m0/s1. The molecule has 1 aliphatic heterocycles. The van der Waals surface area contributed by atoms with E-state index in [0.717, 1.165) is 24.2 Å². The van der Waals surface area contributed by atoms with E-state index in [1.165, 1.54) is 11.8 Å². The van der Waals surface area contributed by atoms with Gasteiger partial charge in [-0.1, -0.05) is 60.7 Å². The molecule has 148 valence electrons. The normalized spacial score (nSPS) is 15.2. The van der Waals surface area contributed by atoms with Crippen LogP contribution in [0.3, 0.4) is 0 Å². The largest absolute Gasteiger partial charge is 0.368 e. The molecule has 4 heteroatoms. The van der Waals surface area contributed by atoms with Crippen LogP contribution in [0.5, 0.6) is 0 Å². The van der Waals surface area contributed by atoms with Gasteiger partial charge in [0.15, 0.2) is 0 Å². The molecule has 1 aliphatic rings. The van der Waals surface area contributed by atoms with Crippen LogP contribution in [0.1, 0.15) is 18.4 Å². The van der Waals surface area contributed by atoms with Crippen LogP contribution in [0.25, 0.3) is 11.1 Å². The van der Waals surface area contributed by atoms with Gasteiger partial charge < -0.3 is 9.80 Å². The second-order valence-corrected chi connectivity index (χ2v) is 7.47. The van der Waals surface area contributed by atoms with Gasteiger partial charge in [-0.05, 0) is 36.2 Å². The highest BCUT2D eigenvalue weighted by Crippen LogP contribution is 2.27. The molecule has 1 saturated heterocycles. The summed E-state index contributed by atoms with van der Waals surface area (Å²) in [6, 6.07) is 24.9. The van der Waals surface area contributed by atoms with Crippen LogP contribution in [0.4, 0.5) is 10.1 Å². The van der Waals surface area contributed by atoms with Gasteiger partial charge in [-0.2, -0.15) is 0 Å². The van der Waals surface area contributed by atoms with Crippen molar-refractivity contribution in [2.24, 2.45) is 0 Å². The van der Waals surface area contributed by atoms with Gasteiger partial charge in [-0.3, -0.25) is 4.79 Å². The van der Waals surface area contributed by atoms with Crippen LogP contribution in [0, 0.1) is 5.82 Å². The number of piperazine rings is 1. The van der Waals surface area contributed by atoms with Crippen LogP contribution in [-0.2, 0) is 4.79 Å². The third-order valence-corrected chi connectivity index (χ3v) is 5.66. The zero-order valence-corrected chi connectivity index (χ0v) is 16.6. The Balaban J connectivity index is 1.43. The molecular weight excluding hydrogens is 363 g/mol. The van der Waals surface area contributed by atoms with Crippen molar-refractivity contribution in [3.05, 3.63) is 90.2 Å². The molecule has 3 aromatic rings. The fraction of sp³-hybridized carbons (Fsp3) is 0.240. The van der Waals surface area contributed by atoms with Gasteiger partial charge in [-0.15, -0.1) is 0 Å². The van der Waals surface area contributed by atoms with Crippen LogP contribution >= 0.6 is 0 Å². The lowest BCUT2D eigenvalue weighted by molar-refractivity contribution is -0.132. The summed E-state index contributed by atoms with van der Waals surface area (Å²) in [5.41, 5.74) is 3.31. The molecule has 0 spiro atoms. The number of hydrogen-bond donors (Lipinski definition) is 0. The number of amides is 1. The molecule has 0 unspecified atom stereocenters. The number of benzene rings is 3. The number of nitrogens with zero attached hydrogens (tertiary/aromatic N) is 2. The first-order valence-corrected chi connectivity index (χ1v) is 10.1. The Morgan fingerprint density at radius 2 is 1.48 bits per heavy atom. The highest BCUT2D eigenvalue weighted by atomic mass is 19.1. The van der Waals surface area contributed by atoms with Crippen molar-refractivity contribution in [1.82, 2.24) is 4.90 Å². The predicted molar refractivity (Wildman–Crippen MR) is 115 cm³/mol. The van der Waals surface area contributed by atoms with Crippen LogP contribution in [-0.4, -0.2) is 37.0 Å². The first-order chi connectivity index (χ1) is 14.1. The Morgan fingerprint density at radius 1 is 0.862 bits per heavy atom. The van der Waals surface area contributed by atoms with E-state index in [9.17, 15) is 9.18 Å². The summed E-state index contributed by atoms with van der Waals surface area (Å²) in [5.74, 6) is -0.593. The monoisotopic (exact) mass is 388 g/mol. The first kappa shape index (κ1) is 19.2. The molecule has 4 rings (SSSR count). The Kier molecular flexibility index (Phi) is 5.61. The third kappa shape index (κ3) is 4.16. The number of anilines is 1. The fourth-order valence-corrected chi connectivity index (χ4v) is 3.89. The minimum atomic E-state index is -0.363. The van der Waals surface area contributed by atoms with Crippen LogP contribution < -0.4 is 4.90 Å². The van der Waals surface area contributed by atoms with Crippen molar-refractivity contribution in [3.63, 3.8) is 0 Å². The Hall–Kier alpha value is -3.14. The quantitative estimate of drug-likeness (QED) is 0.632. The highest BCUT2D eigenvalue weighted by Gasteiger charge is 2.26. The number of carbonyl (C=O) groups is 1. The summed E-state index contributed by atoms with van der Waals surface area (Å²) in [6.45, 7) is 4.85. The second kappa shape index (κ2) is 8.48. The molecule has 1 amide bonds. The van der Waals surface area contributed by atoms with E-state index in [4.69, 9.17) is 0 Å². The molecule has 3 nitrogen and oxygen atoms in total. The minimum absolute atomic E-state index is 0.0598. The van der Waals surface area contributed by atoms with Crippen LogP contribution in [0.2, 0.25) is 0 Å². The molecule has 0 radical (unpaired) electrons. The van der Waals surface area contributed by atoms with E-state index < -0.39 is 0 Å². The predicted octanol–water partition coefficient (Wildman–Crippen LogP) is 4.95. The van der Waals surface area contributed by atoms with E-state index in [-0.39, 0.29) is 17.6 Å². The third-order valence-electron chi connectivity index (χ3n) is 5.66. The number of halogens is 1. The van der Waals surface area contributed by atoms with E-state index in [1.54, 1.807) is 6.07 Å². The van der Waals surface area contributed by atoms with Gasteiger partial charge in [0.2, 0.25) is 5.91 Å². The molecule has 1 atom stereocenters. The number of para-hydroxylation sites is 1. The molecule has 0 N–H and O–H groups in total. The average molecular weight is 388 g/mol. The Morgan fingerprint density at radius 3 is 2.10 bits per heavy atom. The minimum Gasteiger partial charge on any atom is -0.368 e. The van der Waals surface area contributed by atoms with Gasteiger partial charge in [0.1, 0.15) is 5.82 Å². The van der Waals surface area contributed by atoms with Crippen LogP contribution in [0.15, 0.2) is 78.9 Å². The molecule has 0 aromatic heterocycles. The van der Waals surface area contributed by atoms with E-state index >= 15 is 0 Å². The first-order valence-electron chi connectivity index (χ1n) is 10.1. The van der Waals surface area contributed by atoms with Gasteiger partial charge in [-0.25, -0.2) is 4.39 Å². The van der Waals surface area contributed by atoms with E-state index in [1.807, 2.05) is 66.4 Å². The van der Waals surface area contributed by atoms with Crippen molar-refractivity contribution in [3.8, 4) is 11.1 Å². The van der Waals surface area contributed by atoms with E-state index in [0.29, 0.717) is 18.7 Å². The number of carbonyl (C=O) groups excluding carboxylic acids is 1. The fourth-order valence-electron chi connectivity index (χ4n) is 3.89. The van der Waals surface area contributed by atoms with Crippen molar-refractivity contribution in [1.29, 1.82) is 0 Å². The molecular formula is C25H25FN2O. The zero-order valence-electron chi connectivity index (χ0n) is 16.6. The lowest BCUT2D eigenvalue weighted by Gasteiger charge is -2.37. The maximum Gasteiger partial charge on any atom is 0.229 e. The summed E-state index contributed by atoms with van der Waals surface area (Å²) >= 11 is 0. The summed E-state index contributed by atoms with van der Waals surface area (Å²) in [6.07, 6.45) is 0. The van der Waals surface area contributed by atoms with Crippen molar-refractivity contribution >= 4 is 11.6 Å². The Bertz CT molecular complexity index is 967. The van der Waals surface area contributed by atoms with Gasteiger partial charge in [0, 0.05) is 37.4 Å². The smallest absolute Gasteiger partial charge is 0.229 e. The Labute approximate surface area is 171 Å². The van der Waals surface area contributed by atoms with Crippen molar-refractivity contribution in [2.45, 2.75) is 12.8 Å². The summed E-state index contributed by atoms with van der Waals surface area (Å²) in [5, 5.41) is 0. The molecule has 0 aliphatic carbocycles. The lowest BCUT2D eigenvalue weighted by Crippen LogP contribution is -2.49. The second-order valence-electron chi connectivity index (χ2n) is 7.47. The molecule has 3 aromatic carbocycles. The SMILES string of the molecule is C[C@H](C(=O)N1CCN(c2ccccc2)CC1)c1ccc(-c2ccccc2)c(F)c1. The number of rotatable bonds is 4. The molecule has 1 heterocycles. The number of hydrogen-bond acceptors (Lipinski definition) is 2. The molecule has 29 heavy (non-hydrogen) atoms. The lowest BCUT2D eigenvalue weighted by atomic mass is 9.95. The average Bonchev–Trinajstić information content (AvgIpc) is 2.79. The van der Waals surface area contributed by atoms with E-state index in [2.05, 4.69) is 17.0 Å². The van der Waals surface area contributed by atoms with Crippen molar-refractivity contribution in [2.75, 3.05) is 31.1 Å². The van der Waals surface area contributed by atoms with Crippen molar-refractivity contribution < 1.29 is 9.18 Å². The topological polar surface area (TPSA) is 23.6 Å². The van der Waals surface area contributed by atoms with Gasteiger partial charge in [0.25, 0.3) is 0 Å². The molecule has 0 saturated carbocycles. The maximum absolute atomic E-state index is 14.7. The van der Waals surface area contributed by atoms with Gasteiger partial charge in [0.05, 0.1) is 5.92 Å². The molecule has 1 fully saturated rings. The summed E-state index contributed by atoms with van der Waals surface area (Å²) in [4.78, 5) is 17.2. The van der Waals surface area contributed by atoms with Gasteiger partial charge >= 0.3 is 0 Å². The maximum atomic E-state index is 14.7.